The summed E-state index contributed by atoms with van der Waals surface area (Å²) in [4.78, 5) is 19.7. The fourth-order valence-electron chi connectivity index (χ4n) is 1.41. The number of hydrogen-bond acceptors (Lipinski definition) is 5. The fourth-order valence-corrected chi connectivity index (χ4v) is 1.41. The van der Waals surface area contributed by atoms with E-state index in [0.29, 0.717) is 17.9 Å². The first-order valence-electron chi connectivity index (χ1n) is 5.12. The smallest absolute Gasteiger partial charge is 0.278 e. The SMILES string of the molecule is CCn1ncc(N)c1C(=O)Nc1ncccn1. The van der Waals surface area contributed by atoms with Gasteiger partial charge in [0.25, 0.3) is 5.91 Å². The van der Waals surface area contributed by atoms with Gasteiger partial charge in [-0.1, -0.05) is 0 Å². The zero-order valence-electron chi connectivity index (χ0n) is 9.29. The third kappa shape index (κ3) is 2.22. The topological polar surface area (TPSA) is 98.7 Å². The van der Waals surface area contributed by atoms with Crippen LogP contribution in [0.25, 0.3) is 0 Å². The first kappa shape index (κ1) is 11.1. The molecule has 1 amide bonds. The van der Waals surface area contributed by atoms with Crippen molar-refractivity contribution < 1.29 is 4.79 Å². The molecule has 7 heteroatoms. The van der Waals surface area contributed by atoms with Crippen LogP contribution in [-0.2, 0) is 6.54 Å². The molecule has 0 atom stereocenters. The standard InChI is InChI=1S/C10H12N6O/c1-2-16-8(7(11)6-14-16)9(17)15-10-12-4-3-5-13-10/h3-6H,2,11H2,1H3,(H,12,13,15,17). The Labute approximate surface area is 97.7 Å². The molecule has 0 fully saturated rings. The number of nitrogens with zero attached hydrogens (tertiary/aromatic N) is 4. The van der Waals surface area contributed by atoms with E-state index < -0.39 is 0 Å². The number of aryl methyl sites for hydroxylation is 1. The number of amides is 1. The van der Waals surface area contributed by atoms with E-state index in [1.54, 1.807) is 18.5 Å². The largest absolute Gasteiger partial charge is 0.396 e. The van der Waals surface area contributed by atoms with E-state index in [-0.39, 0.29) is 11.9 Å². The van der Waals surface area contributed by atoms with Crippen molar-refractivity contribution in [2.75, 3.05) is 11.1 Å². The second-order valence-electron chi connectivity index (χ2n) is 3.29. The minimum atomic E-state index is -0.368. The molecule has 0 bridgehead atoms. The van der Waals surface area contributed by atoms with Gasteiger partial charge in [-0.15, -0.1) is 0 Å². The van der Waals surface area contributed by atoms with Crippen molar-refractivity contribution in [1.82, 2.24) is 19.7 Å². The van der Waals surface area contributed by atoms with Gasteiger partial charge in [0.1, 0.15) is 5.69 Å². The molecule has 7 nitrogen and oxygen atoms in total. The van der Waals surface area contributed by atoms with Crippen molar-refractivity contribution in [2.45, 2.75) is 13.5 Å². The second kappa shape index (κ2) is 4.60. The maximum atomic E-state index is 11.9. The lowest BCUT2D eigenvalue weighted by molar-refractivity contribution is 0.101. The average molecular weight is 232 g/mol. The normalized spacial score (nSPS) is 10.2. The molecule has 0 saturated heterocycles. The number of hydrogen-bond donors (Lipinski definition) is 2. The summed E-state index contributed by atoms with van der Waals surface area (Å²) in [6.07, 6.45) is 4.54. The Morgan fingerprint density at radius 3 is 2.82 bits per heavy atom. The Morgan fingerprint density at radius 2 is 2.18 bits per heavy atom. The molecule has 0 radical (unpaired) electrons. The molecular weight excluding hydrogens is 220 g/mol. The van der Waals surface area contributed by atoms with E-state index in [1.807, 2.05) is 6.92 Å². The summed E-state index contributed by atoms with van der Waals surface area (Å²) in [6.45, 7) is 2.44. The second-order valence-corrected chi connectivity index (χ2v) is 3.29. The van der Waals surface area contributed by atoms with Crippen LogP contribution in [0.15, 0.2) is 24.7 Å². The molecular formula is C10H12N6O. The third-order valence-electron chi connectivity index (χ3n) is 2.17. The molecule has 88 valence electrons. The quantitative estimate of drug-likeness (QED) is 0.804. The highest BCUT2D eigenvalue weighted by Crippen LogP contribution is 2.12. The first-order chi connectivity index (χ1) is 8.22. The lowest BCUT2D eigenvalue weighted by Crippen LogP contribution is -2.19. The highest BCUT2D eigenvalue weighted by atomic mass is 16.2. The Morgan fingerprint density at radius 1 is 1.47 bits per heavy atom. The number of rotatable bonds is 3. The van der Waals surface area contributed by atoms with Crippen LogP contribution in [0.5, 0.6) is 0 Å². The molecule has 2 rings (SSSR count). The van der Waals surface area contributed by atoms with E-state index in [9.17, 15) is 4.79 Å². The molecule has 0 aliphatic carbocycles. The molecule has 2 aromatic heterocycles. The monoisotopic (exact) mass is 232 g/mol. The number of nitrogen functional groups attached to an aromatic ring is 1. The zero-order chi connectivity index (χ0) is 12.3. The molecule has 0 saturated carbocycles. The molecule has 2 heterocycles. The van der Waals surface area contributed by atoms with Crippen molar-refractivity contribution in [2.24, 2.45) is 0 Å². The molecule has 0 aromatic carbocycles. The molecule has 2 aromatic rings. The third-order valence-corrected chi connectivity index (χ3v) is 2.17. The Balaban J connectivity index is 2.23. The highest BCUT2D eigenvalue weighted by molar-refractivity contribution is 6.05. The van der Waals surface area contributed by atoms with Crippen LogP contribution < -0.4 is 11.1 Å². The van der Waals surface area contributed by atoms with E-state index in [1.165, 1.54) is 10.9 Å². The Kier molecular flexibility index (Phi) is 2.99. The van der Waals surface area contributed by atoms with E-state index in [4.69, 9.17) is 5.73 Å². The number of carbonyl (C=O) groups excluding carboxylic acids is 1. The van der Waals surface area contributed by atoms with Gasteiger partial charge >= 0.3 is 0 Å². The predicted molar refractivity (Wildman–Crippen MR) is 62.3 cm³/mol. The van der Waals surface area contributed by atoms with Crippen LogP contribution in [-0.4, -0.2) is 25.7 Å². The fraction of sp³-hybridized carbons (Fsp3) is 0.200. The van der Waals surface area contributed by atoms with Crippen molar-refractivity contribution in [1.29, 1.82) is 0 Å². The minimum absolute atomic E-state index is 0.237. The Hall–Kier alpha value is -2.44. The summed E-state index contributed by atoms with van der Waals surface area (Å²) in [5.74, 6) is -0.131. The summed E-state index contributed by atoms with van der Waals surface area (Å²) in [5.41, 5.74) is 6.34. The van der Waals surface area contributed by atoms with Crippen molar-refractivity contribution >= 4 is 17.5 Å². The van der Waals surface area contributed by atoms with Gasteiger partial charge < -0.3 is 5.73 Å². The zero-order valence-corrected chi connectivity index (χ0v) is 9.29. The van der Waals surface area contributed by atoms with E-state index in [0.717, 1.165) is 0 Å². The Bertz CT molecular complexity index is 521. The van der Waals surface area contributed by atoms with Gasteiger partial charge in [-0.3, -0.25) is 14.8 Å². The van der Waals surface area contributed by atoms with Crippen LogP contribution in [0, 0.1) is 0 Å². The van der Waals surface area contributed by atoms with E-state index in [2.05, 4.69) is 20.4 Å². The maximum absolute atomic E-state index is 11.9. The minimum Gasteiger partial charge on any atom is -0.396 e. The molecule has 0 aliphatic rings. The van der Waals surface area contributed by atoms with Gasteiger partial charge in [0.15, 0.2) is 0 Å². The van der Waals surface area contributed by atoms with Crippen molar-refractivity contribution in [3.05, 3.63) is 30.4 Å². The summed E-state index contributed by atoms with van der Waals surface area (Å²) in [7, 11) is 0. The summed E-state index contributed by atoms with van der Waals surface area (Å²) in [5, 5.41) is 6.54. The van der Waals surface area contributed by atoms with Crippen molar-refractivity contribution in [3.63, 3.8) is 0 Å². The summed E-state index contributed by atoms with van der Waals surface area (Å²) >= 11 is 0. The number of nitrogens with one attached hydrogen (secondary N) is 1. The number of aromatic nitrogens is 4. The van der Waals surface area contributed by atoms with Crippen LogP contribution in [0.4, 0.5) is 11.6 Å². The molecule has 0 unspecified atom stereocenters. The molecule has 0 aliphatic heterocycles. The average Bonchev–Trinajstić information content (AvgIpc) is 2.71. The van der Waals surface area contributed by atoms with Gasteiger partial charge in [0.05, 0.1) is 11.9 Å². The maximum Gasteiger partial charge on any atom is 0.278 e. The number of nitrogens with two attached hydrogens (primary N) is 1. The van der Waals surface area contributed by atoms with Crippen LogP contribution in [0.1, 0.15) is 17.4 Å². The van der Waals surface area contributed by atoms with Gasteiger partial charge in [0, 0.05) is 18.9 Å². The molecule has 17 heavy (non-hydrogen) atoms. The summed E-state index contributed by atoms with van der Waals surface area (Å²) in [6, 6.07) is 1.67. The predicted octanol–water partition coefficient (Wildman–Crippen LogP) is 0.527. The molecule has 3 N–H and O–H groups in total. The van der Waals surface area contributed by atoms with Crippen LogP contribution in [0.2, 0.25) is 0 Å². The van der Waals surface area contributed by atoms with Gasteiger partial charge in [0.2, 0.25) is 5.95 Å². The van der Waals surface area contributed by atoms with Gasteiger partial charge in [-0.25, -0.2) is 9.97 Å². The summed E-state index contributed by atoms with van der Waals surface area (Å²) < 4.78 is 1.52. The van der Waals surface area contributed by atoms with Crippen molar-refractivity contribution in [3.8, 4) is 0 Å². The highest BCUT2D eigenvalue weighted by Gasteiger charge is 2.16. The number of anilines is 2. The lowest BCUT2D eigenvalue weighted by atomic mass is 10.3. The van der Waals surface area contributed by atoms with Gasteiger partial charge in [-0.05, 0) is 13.0 Å². The lowest BCUT2D eigenvalue weighted by Gasteiger charge is -2.05. The first-order valence-corrected chi connectivity index (χ1v) is 5.12. The van der Waals surface area contributed by atoms with Gasteiger partial charge in [-0.2, -0.15) is 5.10 Å². The van der Waals surface area contributed by atoms with Crippen LogP contribution in [0.3, 0.4) is 0 Å². The van der Waals surface area contributed by atoms with E-state index >= 15 is 0 Å². The van der Waals surface area contributed by atoms with Crippen LogP contribution >= 0.6 is 0 Å². The number of carbonyl (C=O) groups is 1. The molecule has 0 spiro atoms.